The molecule has 134 valence electrons. The Kier molecular flexibility index (Phi) is 7.01. The second kappa shape index (κ2) is 9.22. The van der Waals surface area contributed by atoms with Gasteiger partial charge >= 0.3 is 5.97 Å². The third-order valence-electron chi connectivity index (χ3n) is 3.61. The predicted octanol–water partition coefficient (Wildman–Crippen LogP) is 3.55. The summed E-state index contributed by atoms with van der Waals surface area (Å²) < 4.78 is 10.4. The third kappa shape index (κ3) is 6.23. The van der Waals surface area contributed by atoms with E-state index in [-0.39, 0.29) is 37.4 Å². The quantitative estimate of drug-likeness (QED) is 0.730. The maximum Gasteiger partial charge on any atom is 0.307 e. The minimum absolute atomic E-state index is 0.112. The molecule has 0 aliphatic rings. The molecule has 1 aromatic heterocycles. The van der Waals surface area contributed by atoms with E-state index in [1.165, 1.54) is 18.4 Å². The van der Waals surface area contributed by atoms with E-state index in [1.54, 1.807) is 0 Å². The van der Waals surface area contributed by atoms with Gasteiger partial charge < -0.3 is 14.8 Å². The zero-order valence-corrected chi connectivity index (χ0v) is 15.5. The number of amides is 1. The van der Waals surface area contributed by atoms with Crippen molar-refractivity contribution in [1.29, 1.82) is 0 Å². The molecular weight excluding hydrogens is 338 g/mol. The number of carbonyl (C=O) groups is 2. The molecule has 1 aromatic carbocycles. The van der Waals surface area contributed by atoms with Gasteiger partial charge in [-0.25, -0.2) is 0 Å². The molecule has 0 aliphatic carbocycles. The highest BCUT2D eigenvalue weighted by atomic mass is 32.1. The predicted molar refractivity (Wildman–Crippen MR) is 97.9 cm³/mol. The van der Waals surface area contributed by atoms with Crippen LogP contribution < -0.4 is 10.1 Å². The summed E-state index contributed by atoms with van der Waals surface area (Å²) in [6.45, 7) is 4.29. The minimum atomic E-state index is -0.374. The van der Waals surface area contributed by atoms with E-state index in [0.717, 1.165) is 21.8 Å². The lowest BCUT2D eigenvalue weighted by Gasteiger charge is -2.16. The molecule has 0 spiro atoms. The molecule has 2 aromatic rings. The average Bonchev–Trinajstić information content (AvgIpc) is 3.07. The van der Waals surface area contributed by atoms with Crippen LogP contribution >= 0.6 is 11.3 Å². The van der Waals surface area contributed by atoms with Crippen LogP contribution in [0.3, 0.4) is 0 Å². The largest absolute Gasteiger partial charge is 0.493 e. The summed E-state index contributed by atoms with van der Waals surface area (Å²) in [6, 6.07) is 9.36. The summed E-state index contributed by atoms with van der Waals surface area (Å²) >= 11 is 1.50. The van der Waals surface area contributed by atoms with E-state index >= 15 is 0 Å². The maximum absolute atomic E-state index is 12.2. The fraction of sp³-hybridized carbons (Fsp3) is 0.368. The van der Waals surface area contributed by atoms with Crippen molar-refractivity contribution in [3.05, 3.63) is 51.7 Å². The van der Waals surface area contributed by atoms with Gasteiger partial charge in [-0.15, -0.1) is 11.3 Å². The van der Waals surface area contributed by atoms with Crippen LogP contribution in [0.1, 0.15) is 34.9 Å². The van der Waals surface area contributed by atoms with Crippen LogP contribution in [0.5, 0.6) is 5.75 Å². The van der Waals surface area contributed by atoms with Crippen molar-refractivity contribution in [1.82, 2.24) is 5.32 Å². The first-order valence-electron chi connectivity index (χ1n) is 8.08. The lowest BCUT2D eigenvalue weighted by Crippen LogP contribution is -2.30. The van der Waals surface area contributed by atoms with E-state index < -0.39 is 0 Å². The fourth-order valence-corrected chi connectivity index (χ4v) is 3.28. The molecule has 0 saturated carbocycles. The maximum atomic E-state index is 12.2. The number of esters is 1. The molecule has 1 atom stereocenters. The monoisotopic (exact) mass is 361 g/mol. The Morgan fingerprint density at radius 2 is 1.92 bits per heavy atom. The van der Waals surface area contributed by atoms with Gasteiger partial charge in [0.05, 0.1) is 32.6 Å². The van der Waals surface area contributed by atoms with E-state index in [1.807, 2.05) is 43.5 Å². The lowest BCUT2D eigenvalue weighted by atomic mass is 10.1. The number of hydrogen-bond acceptors (Lipinski definition) is 5. The second-order valence-corrected chi connectivity index (χ2v) is 6.82. The van der Waals surface area contributed by atoms with Crippen molar-refractivity contribution in [3.63, 3.8) is 0 Å². The number of nitrogens with one attached hydrogen (secondary N) is 1. The van der Waals surface area contributed by atoms with Crippen molar-refractivity contribution < 1.29 is 19.1 Å². The molecule has 0 radical (unpaired) electrons. The fourth-order valence-electron chi connectivity index (χ4n) is 2.51. The zero-order valence-electron chi connectivity index (χ0n) is 14.7. The molecule has 1 unspecified atom stereocenters. The number of hydrogen-bond donors (Lipinski definition) is 1. The molecule has 0 saturated heterocycles. The van der Waals surface area contributed by atoms with Gasteiger partial charge in [0.15, 0.2) is 0 Å². The molecule has 5 nitrogen and oxygen atoms in total. The standard InChI is InChI=1S/C19H23NO4S/c1-13-9-14(2)11-15(10-13)24-7-6-18(21)20-16(12-19(22)23-3)17-5-4-8-25-17/h4-5,8-11,16H,6-7,12H2,1-3H3,(H,20,21). The first kappa shape index (κ1) is 19.0. The summed E-state index contributed by atoms with van der Waals surface area (Å²) in [7, 11) is 1.34. The Bertz CT molecular complexity index is 692. The normalized spacial score (nSPS) is 11.6. The van der Waals surface area contributed by atoms with E-state index in [9.17, 15) is 9.59 Å². The Morgan fingerprint density at radius 3 is 2.52 bits per heavy atom. The van der Waals surface area contributed by atoms with Crippen LogP contribution in [0.25, 0.3) is 0 Å². The number of carbonyl (C=O) groups excluding carboxylic acids is 2. The van der Waals surface area contributed by atoms with Gasteiger partial charge in [0.25, 0.3) is 0 Å². The topological polar surface area (TPSA) is 64.6 Å². The van der Waals surface area contributed by atoms with Crippen LogP contribution in [0.4, 0.5) is 0 Å². The molecule has 6 heteroatoms. The number of rotatable bonds is 8. The zero-order chi connectivity index (χ0) is 18.2. The first-order chi connectivity index (χ1) is 12.0. The molecule has 1 N–H and O–H groups in total. The van der Waals surface area contributed by atoms with Crippen LogP contribution in [0.2, 0.25) is 0 Å². The van der Waals surface area contributed by atoms with Gasteiger partial charge in [0.2, 0.25) is 5.91 Å². The van der Waals surface area contributed by atoms with Crippen molar-refractivity contribution in [2.75, 3.05) is 13.7 Å². The summed E-state index contributed by atoms with van der Waals surface area (Å²) in [6.07, 6.45) is 0.330. The highest BCUT2D eigenvalue weighted by molar-refractivity contribution is 7.10. The number of thiophene rings is 1. The molecule has 2 rings (SSSR count). The Hall–Kier alpha value is -2.34. The summed E-state index contributed by atoms with van der Waals surface area (Å²) in [5.41, 5.74) is 2.24. The summed E-state index contributed by atoms with van der Waals surface area (Å²) in [5, 5.41) is 4.80. The van der Waals surface area contributed by atoms with Gasteiger partial charge in [-0.2, -0.15) is 0 Å². The van der Waals surface area contributed by atoms with Crippen LogP contribution in [0, 0.1) is 13.8 Å². The van der Waals surface area contributed by atoms with Crippen molar-refractivity contribution >= 4 is 23.2 Å². The minimum Gasteiger partial charge on any atom is -0.493 e. The molecule has 0 aliphatic heterocycles. The van der Waals surface area contributed by atoms with Gasteiger partial charge in [-0.1, -0.05) is 12.1 Å². The summed E-state index contributed by atoms with van der Waals surface area (Å²) in [5.74, 6) is 0.242. The molecule has 1 heterocycles. The van der Waals surface area contributed by atoms with Gasteiger partial charge in [-0.05, 0) is 48.6 Å². The van der Waals surface area contributed by atoms with Gasteiger partial charge in [0.1, 0.15) is 5.75 Å². The number of ether oxygens (including phenoxy) is 2. The number of aryl methyl sites for hydroxylation is 2. The SMILES string of the molecule is COC(=O)CC(NC(=O)CCOc1cc(C)cc(C)c1)c1cccs1. The molecule has 0 fully saturated rings. The highest BCUT2D eigenvalue weighted by Crippen LogP contribution is 2.22. The Balaban J connectivity index is 1.87. The first-order valence-corrected chi connectivity index (χ1v) is 8.96. The summed E-state index contributed by atoms with van der Waals surface area (Å²) in [4.78, 5) is 24.7. The van der Waals surface area contributed by atoms with Crippen LogP contribution in [-0.2, 0) is 14.3 Å². The number of methoxy groups -OCH3 is 1. The highest BCUT2D eigenvalue weighted by Gasteiger charge is 2.19. The van der Waals surface area contributed by atoms with Gasteiger partial charge in [-0.3, -0.25) is 9.59 Å². The van der Waals surface area contributed by atoms with Crippen molar-refractivity contribution in [2.24, 2.45) is 0 Å². The smallest absolute Gasteiger partial charge is 0.307 e. The van der Waals surface area contributed by atoms with Gasteiger partial charge in [0, 0.05) is 4.88 Å². The molecular formula is C19H23NO4S. The lowest BCUT2D eigenvalue weighted by molar-refractivity contribution is -0.141. The third-order valence-corrected chi connectivity index (χ3v) is 4.60. The van der Waals surface area contributed by atoms with Crippen molar-refractivity contribution in [2.45, 2.75) is 32.7 Å². The molecule has 25 heavy (non-hydrogen) atoms. The van der Waals surface area contributed by atoms with Crippen LogP contribution in [-0.4, -0.2) is 25.6 Å². The number of benzene rings is 1. The Morgan fingerprint density at radius 1 is 1.20 bits per heavy atom. The van der Waals surface area contributed by atoms with E-state index in [2.05, 4.69) is 11.4 Å². The second-order valence-electron chi connectivity index (χ2n) is 5.84. The van der Waals surface area contributed by atoms with Crippen molar-refractivity contribution in [3.8, 4) is 5.75 Å². The van der Waals surface area contributed by atoms with E-state index in [0.29, 0.717) is 0 Å². The average molecular weight is 361 g/mol. The molecule has 0 bridgehead atoms. The molecule has 1 amide bonds. The van der Waals surface area contributed by atoms with E-state index in [4.69, 9.17) is 9.47 Å². The Labute approximate surface area is 152 Å². The van der Waals surface area contributed by atoms with Crippen LogP contribution in [0.15, 0.2) is 35.7 Å².